The summed E-state index contributed by atoms with van der Waals surface area (Å²) in [5.41, 5.74) is 6.71. The molecule has 136 valence electrons. The first-order chi connectivity index (χ1) is 13.6. The zero-order valence-corrected chi connectivity index (χ0v) is 15.5. The van der Waals surface area contributed by atoms with Gasteiger partial charge in [-0.3, -0.25) is 9.20 Å². The number of hydrogen-bond acceptors (Lipinski definition) is 4. The number of anilines is 3. The summed E-state index contributed by atoms with van der Waals surface area (Å²) in [6.45, 7) is 1.92. The molecule has 0 atom stereocenters. The van der Waals surface area contributed by atoms with Crippen molar-refractivity contribution >= 4 is 39.8 Å². The topological polar surface area (TPSA) is 73.4 Å². The van der Waals surface area contributed by atoms with Crippen molar-refractivity contribution in [2.75, 3.05) is 17.3 Å². The molecule has 1 N–H and O–H groups in total. The second-order valence-electron chi connectivity index (χ2n) is 7.06. The van der Waals surface area contributed by atoms with Crippen LogP contribution >= 0.6 is 0 Å². The Bertz CT molecular complexity index is 1330. The third-order valence-corrected chi connectivity index (χ3v) is 5.31. The van der Waals surface area contributed by atoms with Crippen molar-refractivity contribution in [3.63, 3.8) is 0 Å². The molecule has 0 radical (unpaired) electrons. The third-order valence-electron chi connectivity index (χ3n) is 5.31. The van der Waals surface area contributed by atoms with Crippen LogP contribution in [0.1, 0.15) is 16.7 Å². The maximum atomic E-state index is 12.0. The van der Waals surface area contributed by atoms with Gasteiger partial charge in [0.05, 0.1) is 23.0 Å². The first kappa shape index (κ1) is 16.3. The molecule has 3 heterocycles. The van der Waals surface area contributed by atoms with Gasteiger partial charge in [0, 0.05) is 18.4 Å². The van der Waals surface area contributed by atoms with Crippen LogP contribution in [0.4, 0.5) is 17.2 Å². The van der Waals surface area contributed by atoms with E-state index in [1.807, 2.05) is 59.9 Å². The zero-order chi connectivity index (χ0) is 19.4. The molecule has 5 rings (SSSR count). The number of likely N-dealkylation sites (N-methyl/N-ethyl adjacent to an activating group) is 1. The molecule has 6 heteroatoms. The molecule has 2 aromatic heterocycles. The molecule has 0 spiro atoms. The van der Waals surface area contributed by atoms with Gasteiger partial charge in [-0.05, 0) is 54.4 Å². The van der Waals surface area contributed by atoms with Crippen molar-refractivity contribution in [1.82, 2.24) is 9.38 Å². The first-order valence-corrected chi connectivity index (χ1v) is 9.04. The number of amides is 1. The molecule has 1 aliphatic heterocycles. The molecular formula is C22H17N5O. The first-order valence-electron chi connectivity index (χ1n) is 9.04. The van der Waals surface area contributed by atoms with E-state index in [0.717, 1.165) is 39.4 Å². The number of para-hydroxylation sites is 2. The minimum atomic E-state index is 0.101. The molecule has 0 fully saturated rings. The Hall–Kier alpha value is -3.85. The second-order valence-corrected chi connectivity index (χ2v) is 7.06. The van der Waals surface area contributed by atoms with E-state index in [2.05, 4.69) is 16.4 Å². The smallest absolute Gasteiger partial charge is 0.231 e. The van der Waals surface area contributed by atoms with Crippen LogP contribution in [0.25, 0.3) is 16.7 Å². The Morgan fingerprint density at radius 3 is 2.82 bits per heavy atom. The number of nitrogens with zero attached hydrogens (tertiary/aromatic N) is 4. The van der Waals surface area contributed by atoms with Gasteiger partial charge >= 0.3 is 0 Å². The zero-order valence-electron chi connectivity index (χ0n) is 15.5. The summed E-state index contributed by atoms with van der Waals surface area (Å²) in [6, 6.07) is 18.0. The van der Waals surface area contributed by atoms with Crippen molar-refractivity contribution in [3.05, 3.63) is 65.2 Å². The van der Waals surface area contributed by atoms with Crippen LogP contribution in [-0.4, -0.2) is 22.3 Å². The Kier molecular flexibility index (Phi) is 3.40. The quantitative estimate of drug-likeness (QED) is 0.583. The average Bonchev–Trinajstić information content (AvgIpc) is 3.19. The summed E-state index contributed by atoms with van der Waals surface area (Å²) < 4.78 is 1.98. The minimum Gasteiger partial charge on any atom is -0.341 e. The lowest BCUT2D eigenvalue weighted by atomic mass is 10.1. The highest BCUT2D eigenvalue weighted by Crippen LogP contribution is 2.33. The van der Waals surface area contributed by atoms with E-state index in [-0.39, 0.29) is 5.91 Å². The number of aryl methyl sites for hydroxylation is 1. The number of carbonyl (C=O) groups is 1. The van der Waals surface area contributed by atoms with E-state index in [1.165, 1.54) is 0 Å². The van der Waals surface area contributed by atoms with Gasteiger partial charge in [0.1, 0.15) is 11.9 Å². The number of carbonyl (C=O) groups excluding carboxylic acids is 1. The number of rotatable bonds is 2. The minimum absolute atomic E-state index is 0.101. The molecule has 0 bridgehead atoms. The van der Waals surface area contributed by atoms with E-state index < -0.39 is 0 Å². The number of hydrogen-bond donors (Lipinski definition) is 1. The van der Waals surface area contributed by atoms with Crippen molar-refractivity contribution in [2.45, 2.75) is 13.3 Å². The molecule has 2 aromatic carbocycles. The molecule has 0 saturated carbocycles. The summed E-state index contributed by atoms with van der Waals surface area (Å²) in [6.07, 6.45) is 0.414. The van der Waals surface area contributed by atoms with E-state index in [0.29, 0.717) is 17.6 Å². The molecule has 0 aliphatic carbocycles. The molecule has 6 nitrogen and oxygen atoms in total. The Labute approximate surface area is 161 Å². The van der Waals surface area contributed by atoms with E-state index in [4.69, 9.17) is 0 Å². The molecule has 4 aromatic rings. The number of pyridine rings is 1. The highest BCUT2D eigenvalue weighted by atomic mass is 16.2. The number of imidazole rings is 1. The van der Waals surface area contributed by atoms with Gasteiger partial charge in [-0.25, -0.2) is 4.98 Å². The standard InChI is InChI=1S/C22H17N5O/c1-13-9-20(24-15-7-8-18-14(10-15)11-21(28)26(18)2)27-19-6-4-3-5-17(19)25-22(27)16(13)12-23/h3-10,24H,11H2,1-2H3. The summed E-state index contributed by atoms with van der Waals surface area (Å²) in [4.78, 5) is 18.3. The van der Waals surface area contributed by atoms with Crippen molar-refractivity contribution in [1.29, 1.82) is 5.26 Å². The SMILES string of the molecule is Cc1cc(Nc2ccc3c(c2)CC(=O)N3C)n2c(nc3ccccc32)c1C#N. The molecule has 0 unspecified atom stereocenters. The lowest BCUT2D eigenvalue weighted by Crippen LogP contribution is -2.20. The largest absolute Gasteiger partial charge is 0.341 e. The van der Waals surface area contributed by atoms with Crippen molar-refractivity contribution in [2.24, 2.45) is 0 Å². The van der Waals surface area contributed by atoms with Crippen LogP contribution in [0, 0.1) is 18.3 Å². The Balaban J connectivity index is 1.69. The van der Waals surface area contributed by atoms with Gasteiger partial charge in [-0.15, -0.1) is 0 Å². The van der Waals surface area contributed by atoms with Crippen LogP contribution in [0.3, 0.4) is 0 Å². The monoisotopic (exact) mass is 367 g/mol. The van der Waals surface area contributed by atoms with Crippen LogP contribution in [0.2, 0.25) is 0 Å². The Morgan fingerprint density at radius 2 is 2.00 bits per heavy atom. The van der Waals surface area contributed by atoms with E-state index >= 15 is 0 Å². The maximum absolute atomic E-state index is 12.0. The summed E-state index contributed by atoms with van der Waals surface area (Å²) >= 11 is 0. The maximum Gasteiger partial charge on any atom is 0.231 e. The fourth-order valence-electron chi connectivity index (χ4n) is 3.88. The predicted octanol–water partition coefficient (Wildman–Crippen LogP) is 3.93. The molecule has 0 saturated heterocycles. The third kappa shape index (κ3) is 2.26. The molecule has 1 aliphatic rings. The number of nitriles is 1. The summed E-state index contributed by atoms with van der Waals surface area (Å²) in [5.74, 6) is 0.933. The summed E-state index contributed by atoms with van der Waals surface area (Å²) in [5, 5.41) is 13.1. The predicted molar refractivity (Wildman–Crippen MR) is 109 cm³/mol. The molecule has 1 amide bonds. The van der Waals surface area contributed by atoms with Gasteiger partial charge in [-0.1, -0.05) is 12.1 Å². The normalized spacial score (nSPS) is 13.2. The fraction of sp³-hybridized carbons (Fsp3) is 0.136. The average molecular weight is 367 g/mol. The number of benzene rings is 2. The van der Waals surface area contributed by atoms with E-state index in [1.54, 1.807) is 11.9 Å². The number of aromatic nitrogens is 2. The second kappa shape index (κ2) is 5.83. The van der Waals surface area contributed by atoms with Crippen LogP contribution in [-0.2, 0) is 11.2 Å². The highest BCUT2D eigenvalue weighted by Gasteiger charge is 2.24. The highest BCUT2D eigenvalue weighted by molar-refractivity contribution is 6.01. The van der Waals surface area contributed by atoms with Crippen molar-refractivity contribution in [3.8, 4) is 6.07 Å². The van der Waals surface area contributed by atoms with Gasteiger partial charge in [0.2, 0.25) is 5.91 Å². The Morgan fingerprint density at radius 1 is 1.18 bits per heavy atom. The fourth-order valence-corrected chi connectivity index (χ4v) is 3.88. The molecular weight excluding hydrogens is 350 g/mol. The summed E-state index contributed by atoms with van der Waals surface area (Å²) in [7, 11) is 1.80. The van der Waals surface area contributed by atoms with Crippen LogP contribution in [0.15, 0.2) is 48.5 Å². The van der Waals surface area contributed by atoms with Crippen LogP contribution in [0.5, 0.6) is 0 Å². The van der Waals surface area contributed by atoms with Gasteiger partial charge in [0.15, 0.2) is 5.65 Å². The number of nitrogens with one attached hydrogen (secondary N) is 1. The lowest BCUT2D eigenvalue weighted by Gasteiger charge is -2.14. The van der Waals surface area contributed by atoms with Crippen LogP contribution < -0.4 is 10.2 Å². The van der Waals surface area contributed by atoms with Gasteiger partial charge in [0.25, 0.3) is 0 Å². The van der Waals surface area contributed by atoms with E-state index in [9.17, 15) is 10.1 Å². The lowest BCUT2D eigenvalue weighted by molar-refractivity contribution is -0.117. The molecule has 28 heavy (non-hydrogen) atoms. The van der Waals surface area contributed by atoms with Gasteiger partial charge < -0.3 is 10.2 Å². The number of fused-ring (bicyclic) bond motifs is 4. The van der Waals surface area contributed by atoms with Gasteiger partial charge in [-0.2, -0.15) is 5.26 Å². The van der Waals surface area contributed by atoms with Crippen molar-refractivity contribution < 1.29 is 4.79 Å².